The number of nitrogens with zero attached hydrogens (tertiary/aromatic N) is 4. The van der Waals surface area contributed by atoms with Gasteiger partial charge in [-0.15, -0.1) is 0 Å². The van der Waals surface area contributed by atoms with Crippen LogP contribution in [0.4, 0.5) is 52.7 Å². The summed E-state index contributed by atoms with van der Waals surface area (Å²) in [6, 6.07) is -0.969. The van der Waals surface area contributed by atoms with Crippen LogP contribution in [0.3, 0.4) is 0 Å². The summed E-state index contributed by atoms with van der Waals surface area (Å²) in [5.74, 6) is 0. The highest BCUT2D eigenvalue weighted by molar-refractivity contribution is 5.18. The van der Waals surface area contributed by atoms with Crippen LogP contribution in [0.25, 0.3) is 0 Å². The predicted molar refractivity (Wildman–Crippen MR) is 59.9 cm³/mol. The second-order valence-corrected chi connectivity index (χ2v) is 4.96. The Morgan fingerprint density at radius 3 is 1.07 bits per heavy atom. The molecule has 0 atom stereocenters. The zero-order chi connectivity index (χ0) is 21.0. The second-order valence-electron chi connectivity index (χ2n) is 4.96. The minimum Gasteiger partial charge on any atom is -0.238 e. The summed E-state index contributed by atoms with van der Waals surface area (Å²) >= 11 is 0. The summed E-state index contributed by atoms with van der Waals surface area (Å²) in [6.07, 6.45) is -21.7. The van der Waals surface area contributed by atoms with Gasteiger partial charge in [-0.05, 0) is 0 Å². The van der Waals surface area contributed by atoms with Gasteiger partial charge >= 0.3 is 24.7 Å². The van der Waals surface area contributed by atoms with E-state index in [1.807, 2.05) is 0 Å². The summed E-state index contributed by atoms with van der Waals surface area (Å²) in [4.78, 5) is 0. The van der Waals surface area contributed by atoms with E-state index < -0.39 is 75.6 Å². The van der Waals surface area contributed by atoms with Crippen LogP contribution in [-0.4, -0.2) is 19.6 Å². The van der Waals surface area contributed by atoms with Crippen molar-refractivity contribution in [1.82, 2.24) is 19.6 Å². The lowest BCUT2D eigenvalue weighted by molar-refractivity contribution is -0.147. The molecule has 0 saturated carbocycles. The standard InChI is InChI=1S/C11H4F12N4/c12-8(13,14)4-1-6(10(18,19)20)26(24-4)3-27-7(11(21,22)23)2-5(25-27)9(15,16)17/h1-2H,3H2. The molecule has 27 heavy (non-hydrogen) atoms. The van der Waals surface area contributed by atoms with E-state index in [4.69, 9.17) is 0 Å². The van der Waals surface area contributed by atoms with Crippen LogP contribution in [0.5, 0.6) is 0 Å². The van der Waals surface area contributed by atoms with Crippen LogP contribution < -0.4 is 0 Å². The van der Waals surface area contributed by atoms with Crippen LogP contribution in [0, 0.1) is 0 Å². The van der Waals surface area contributed by atoms with Gasteiger partial charge in [0.2, 0.25) is 0 Å². The molecule has 0 amide bonds. The largest absolute Gasteiger partial charge is 0.435 e. The molecule has 0 unspecified atom stereocenters. The molecule has 0 aliphatic carbocycles. The molecule has 0 fully saturated rings. The highest BCUT2D eigenvalue weighted by Gasteiger charge is 2.44. The molecule has 0 spiro atoms. The minimum absolute atomic E-state index is 0.485. The Morgan fingerprint density at radius 1 is 0.556 bits per heavy atom. The van der Waals surface area contributed by atoms with Crippen molar-refractivity contribution in [3.05, 3.63) is 34.9 Å². The molecule has 0 radical (unpaired) electrons. The molecule has 16 heteroatoms. The smallest absolute Gasteiger partial charge is 0.238 e. The molecule has 2 aromatic heterocycles. The van der Waals surface area contributed by atoms with Crippen LogP contribution in [0.1, 0.15) is 22.8 Å². The van der Waals surface area contributed by atoms with Gasteiger partial charge < -0.3 is 0 Å². The predicted octanol–water partition coefficient (Wildman–Crippen LogP) is 4.66. The van der Waals surface area contributed by atoms with Gasteiger partial charge in [0, 0.05) is 12.1 Å². The van der Waals surface area contributed by atoms with Gasteiger partial charge in [-0.3, -0.25) is 0 Å². The van der Waals surface area contributed by atoms with Gasteiger partial charge in [-0.1, -0.05) is 0 Å². The Bertz CT molecular complexity index is 748. The number of alkyl halides is 12. The first-order chi connectivity index (χ1) is 11.9. The highest BCUT2D eigenvalue weighted by atomic mass is 19.4. The first-order valence-corrected chi connectivity index (χ1v) is 6.35. The van der Waals surface area contributed by atoms with Crippen LogP contribution in [0.15, 0.2) is 12.1 Å². The second kappa shape index (κ2) is 6.05. The molecule has 2 heterocycles. The average molecular weight is 420 g/mol. The molecule has 2 aromatic rings. The van der Waals surface area contributed by atoms with Crippen molar-refractivity contribution in [2.45, 2.75) is 31.4 Å². The van der Waals surface area contributed by atoms with Crippen molar-refractivity contribution in [1.29, 1.82) is 0 Å². The SMILES string of the molecule is FC(F)(F)c1cc(C(F)(F)F)n(Cn2nc(C(F)(F)F)cc2C(F)(F)F)n1. The summed E-state index contributed by atoms with van der Waals surface area (Å²) in [5, 5.41) is 5.00. The molecule has 0 saturated heterocycles. The molecule has 152 valence electrons. The third-order valence-electron chi connectivity index (χ3n) is 2.99. The Morgan fingerprint density at radius 2 is 0.852 bits per heavy atom. The Kier molecular flexibility index (Phi) is 4.68. The van der Waals surface area contributed by atoms with Gasteiger partial charge in [0.05, 0.1) is 0 Å². The van der Waals surface area contributed by atoms with E-state index >= 15 is 0 Å². The maximum Gasteiger partial charge on any atom is 0.435 e. The fourth-order valence-electron chi connectivity index (χ4n) is 1.91. The van der Waals surface area contributed by atoms with E-state index in [1.54, 1.807) is 0 Å². The van der Waals surface area contributed by atoms with Gasteiger partial charge in [-0.2, -0.15) is 62.9 Å². The molecule has 0 aliphatic rings. The van der Waals surface area contributed by atoms with Crippen molar-refractivity contribution in [3.8, 4) is 0 Å². The lowest BCUT2D eigenvalue weighted by atomic mass is 10.3. The van der Waals surface area contributed by atoms with Gasteiger partial charge in [0.25, 0.3) is 0 Å². The van der Waals surface area contributed by atoms with Crippen molar-refractivity contribution in [3.63, 3.8) is 0 Å². The number of aromatic nitrogens is 4. The van der Waals surface area contributed by atoms with Crippen molar-refractivity contribution >= 4 is 0 Å². The quantitative estimate of drug-likeness (QED) is 0.663. The lowest BCUT2D eigenvalue weighted by Crippen LogP contribution is -2.23. The summed E-state index contributed by atoms with van der Waals surface area (Å²) < 4.78 is 151. The molecule has 0 aliphatic heterocycles. The van der Waals surface area contributed by atoms with Gasteiger partial charge in [-0.25, -0.2) is 9.36 Å². The van der Waals surface area contributed by atoms with Crippen LogP contribution in [-0.2, 0) is 31.4 Å². The summed E-state index contributed by atoms with van der Waals surface area (Å²) in [5.41, 5.74) is -8.42. The van der Waals surface area contributed by atoms with E-state index in [-0.39, 0.29) is 0 Å². The number of halogens is 12. The van der Waals surface area contributed by atoms with Crippen LogP contribution in [0.2, 0.25) is 0 Å². The zero-order valence-corrected chi connectivity index (χ0v) is 12.2. The van der Waals surface area contributed by atoms with E-state index in [0.717, 1.165) is 0 Å². The minimum atomic E-state index is -5.48. The molecular weight excluding hydrogens is 416 g/mol. The monoisotopic (exact) mass is 420 g/mol. The zero-order valence-electron chi connectivity index (χ0n) is 12.2. The van der Waals surface area contributed by atoms with E-state index in [0.29, 0.717) is 0 Å². The van der Waals surface area contributed by atoms with Crippen LogP contribution >= 0.6 is 0 Å². The van der Waals surface area contributed by atoms with Crippen molar-refractivity contribution in [2.24, 2.45) is 0 Å². The fourth-order valence-corrected chi connectivity index (χ4v) is 1.91. The molecule has 0 bridgehead atoms. The van der Waals surface area contributed by atoms with E-state index in [9.17, 15) is 52.7 Å². The topological polar surface area (TPSA) is 35.6 Å². The Balaban J connectivity index is 2.60. The molecular formula is C11H4F12N4. The third kappa shape index (κ3) is 4.47. The average Bonchev–Trinajstić information content (AvgIpc) is 3.00. The lowest BCUT2D eigenvalue weighted by Gasteiger charge is -2.13. The first-order valence-electron chi connectivity index (χ1n) is 6.35. The van der Waals surface area contributed by atoms with E-state index in [2.05, 4.69) is 10.2 Å². The maximum atomic E-state index is 12.8. The number of rotatable bonds is 2. The maximum absolute atomic E-state index is 12.8. The molecule has 4 nitrogen and oxygen atoms in total. The number of hydrogen-bond acceptors (Lipinski definition) is 2. The molecule has 0 aromatic carbocycles. The fraction of sp³-hybridized carbons (Fsp3) is 0.455. The van der Waals surface area contributed by atoms with Crippen molar-refractivity contribution < 1.29 is 52.7 Å². The van der Waals surface area contributed by atoms with E-state index in [1.165, 1.54) is 0 Å². The highest BCUT2D eigenvalue weighted by Crippen LogP contribution is 2.37. The third-order valence-corrected chi connectivity index (χ3v) is 2.99. The normalized spacial score (nSPS) is 14.1. The van der Waals surface area contributed by atoms with Crippen molar-refractivity contribution in [2.75, 3.05) is 0 Å². The molecule has 0 N–H and O–H groups in total. The first kappa shape index (κ1) is 20.9. The number of hydrogen-bond donors (Lipinski definition) is 0. The summed E-state index contributed by atoms with van der Waals surface area (Å²) in [7, 11) is 0. The summed E-state index contributed by atoms with van der Waals surface area (Å²) in [6.45, 7) is -1.80. The Hall–Kier alpha value is -2.42. The molecule has 2 rings (SSSR count). The van der Waals surface area contributed by atoms with Gasteiger partial charge in [0.1, 0.15) is 18.1 Å². The Labute approximate surface area is 140 Å². The van der Waals surface area contributed by atoms with Gasteiger partial charge in [0.15, 0.2) is 11.4 Å².